The number of amides is 1. The number of ether oxygens (including phenoxy) is 1. The van der Waals surface area contributed by atoms with Crippen molar-refractivity contribution in [2.75, 3.05) is 14.2 Å². The van der Waals surface area contributed by atoms with Crippen LogP contribution in [-0.4, -0.2) is 31.0 Å². The van der Waals surface area contributed by atoms with E-state index >= 15 is 0 Å². The molecule has 1 heterocycles. The number of nitrogens with zero attached hydrogens (tertiary/aromatic N) is 1. The van der Waals surface area contributed by atoms with Crippen molar-refractivity contribution in [3.05, 3.63) is 64.7 Å². The van der Waals surface area contributed by atoms with E-state index in [1.54, 1.807) is 7.11 Å². The third kappa shape index (κ3) is 3.29. The summed E-state index contributed by atoms with van der Waals surface area (Å²) in [5.41, 5.74) is 4.39. The van der Waals surface area contributed by atoms with Crippen LogP contribution in [0.1, 0.15) is 34.0 Å². The van der Waals surface area contributed by atoms with Gasteiger partial charge in [0.1, 0.15) is 5.75 Å². The number of fused-ring (bicyclic) bond motifs is 1. The van der Waals surface area contributed by atoms with E-state index in [4.69, 9.17) is 4.74 Å². The molecule has 126 valence electrons. The monoisotopic (exact) mass is 324 g/mol. The summed E-state index contributed by atoms with van der Waals surface area (Å²) < 4.78 is 5.41. The van der Waals surface area contributed by atoms with E-state index in [9.17, 15) is 4.79 Å². The van der Waals surface area contributed by atoms with E-state index in [2.05, 4.69) is 24.4 Å². The van der Waals surface area contributed by atoms with Gasteiger partial charge in [-0.15, -0.1) is 0 Å². The van der Waals surface area contributed by atoms with Crippen LogP contribution in [0, 0.1) is 0 Å². The molecule has 3 rings (SSSR count). The smallest absolute Gasteiger partial charge is 0.253 e. The fourth-order valence-corrected chi connectivity index (χ4v) is 3.16. The fraction of sp³-hybridized carbons (Fsp3) is 0.350. The summed E-state index contributed by atoms with van der Waals surface area (Å²) >= 11 is 0. The van der Waals surface area contributed by atoms with Gasteiger partial charge in [0.25, 0.3) is 5.91 Å². The lowest BCUT2D eigenvalue weighted by molar-refractivity contribution is 0.0743. The number of carbonyl (C=O) groups excluding carboxylic acids is 1. The Hall–Kier alpha value is -2.33. The molecular formula is C20H24N2O2. The number of carbonyl (C=O) groups is 1. The number of benzene rings is 2. The number of rotatable bonds is 5. The lowest BCUT2D eigenvalue weighted by Gasteiger charge is -2.26. The van der Waals surface area contributed by atoms with Crippen molar-refractivity contribution in [2.24, 2.45) is 0 Å². The molecule has 0 saturated heterocycles. The first-order valence-corrected chi connectivity index (χ1v) is 8.31. The second kappa shape index (κ2) is 7.05. The maximum absolute atomic E-state index is 12.8. The van der Waals surface area contributed by atoms with E-state index in [0.29, 0.717) is 0 Å². The summed E-state index contributed by atoms with van der Waals surface area (Å²) in [6.07, 6.45) is 0.763. The Morgan fingerprint density at radius 3 is 2.75 bits per heavy atom. The SMILES string of the molecule is COc1ccccc1CC(C)N(C)C(=O)c1ccc2c(c1)CNC2. The van der Waals surface area contributed by atoms with Crippen molar-refractivity contribution in [1.82, 2.24) is 10.2 Å². The molecular weight excluding hydrogens is 300 g/mol. The van der Waals surface area contributed by atoms with Crippen molar-refractivity contribution in [1.29, 1.82) is 0 Å². The zero-order valence-corrected chi connectivity index (χ0v) is 14.5. The zero-order chi connectivity index (χ0) is 17.1. The summed E-state index contributed by atoms with van der Waals surface area (Å²) in [4.78, 5) is 14.6. The molecule has 1 unspecified atom stereocenters. The highest BCUT2D eigenvalue weighted by molar-refractivity contribution is 5.94. The molecule has 4 heteroatoms. The quantitative estimate of drug-likeness (QED) is 0.919. The van der Waals surface area contributed by atoms with E-state index in [-0.39, 0.29) is 11.9 Å². The Labute approximate surface area is 143 Å². The molecule has 24 heavy (non-hydrogen) atoms. The van der Waals surface area contributed by atoms with Gasteiger partial charge in [0.05, 0.1) is 7.11 Å². The molecule has 4 nitrogen and oxygen atoms in total. The van der Waals surface area contributed by atoms with Crippen molar-refractivity contribution >= 4 is 5.91 Å². The van der Waals surface area contributed by atoms with Gasteiger partial charge in [0.2, 0.25) is 0 Å². The molecule has 0 aliphatic carbocycles. The number of hydrogen-bond acceptors (Lipinski definition) is 3. The first kappa shape index (κ1) is 16.5. The maximum atomic E-state index is 12.8. The van der Waals surface area contributed by atoms with Gasteiger partial charge >= 0.3 is 0 Å². The van der Waals surface area contributed by atoms with E-state index in [1.807, 2.05) is 42.3 Å². The molecule has 1 aliphatic heterocycles. The van der Waals surface area contributed by atoms with Crippen molar-refractivity contribution in [2.45, 2.75) is 32.5 Å². The highest BCUT2D eigenvalue weighted by Crippen LogP contribution is 2.22. The molecule has 2 aromatic carbocycles. The Morgan fingerprint density at radius 1 is 1.21 bits per heavy atom. The molecule has 2 aromatic rings. The minimum Gasteiger partial charge on any atom is -0.496 e. The predicted molar refractivity (Wildman–Crippen MR) is 95.2 cm³/mol. The van der Waals surface area contributed by atoms with Gasteiger partial charge in [-0.2, -0.15) is 0 Å². The summed E-state index contributed by atoms with van der Waals surface area (Å²) in [5.74, 6) is 0.931. The average molecular weight is 324 g/mol. The molecule has 0 saturated carbocycles. The third-order valence-electron chi connectivity index (χ3n) is 4.77. The lowest BCUT2D eigenvalue weighted by Crippen LogP contribution is -2.36. The van der Waals surface area contributed by atoms with Crippen LogP contribution in [0.15, 0.2) is 42.5 Å². The molecule has 1 amide bonds. The van der Waals surface area contributed by atoms with Gasteiger partial charge in [0.15, 0.2) is 0 Å². The van der Waals surface area contributed by atoms with Gasteiger partial charge in [-0.05, 0) is 48.2 Å². The summed E-state index contributed by atoms with van der Waals surface area (Å²) in [6, 6.07) is 14.1. The van der Waals surface area contributed by atoms with Gasteiger partial charge in [-0.3, -0.25) is 4.79 Å². The molecule has 1 aliphatic rings. The number of para-hydroxylation sites is 1. The molecule has 1 N–H and O–H groups in total. The van der Waals surface area contributed by atoms with E-state index < -0.39 is 0 Å². The van der Waals surface area contributed by atoms with Crippen LogP contribution in [0.4, 0.5) is 0 Å². The molecule has 0 aromatic heterocycles. The summed E-state index contributed by atoms with van der Waals surface area (Å²) in [5, 5.41) is 3.31. The van der Waals surface area contributed by atoms with Crippen molar-refractivity contribution < 1.29 is 9.53 Å². The largest absolute Gasteiger partial charge is 0.496 e. The van der Waals surface area contributed by atoms with Crippen LogP contribution in [0.2, 0.25) is 0 Å². The average Bonchev–Trinajstić information content (AvgIpc) is 3.08. The number of nitrogens with one attached hydrogen (secondary N) is 1. The predicted octanol–water partition coefficient (Wildman–Crippen LogP) is 3.00. The van der Waals surface area contributed by atoms with Crippen LogP contribution in [0.3, 0.4) is 0 Å². The third-order valence-corrected chi connectivity index (χ3v) is 4.77. The Bertz CT molecular complexity index is 742. The fourth-order valence-electron chi connectivity index (χ4n) is 3.16. The van der Waals surface area contributed by atoms with Crippen LogP contribution >= 0.6 is 0 Å². The first-order valence-electron chi connectivity index (χ1n) is 8.31. The molecule has 0 bridgehead atoms. The minimum absolute atomic E-state index is 0.0621. The van der Waals surface area contributed by atoms with Crippen LogP contribution < -0.4 is 10.1 Å². The van der Waals surface area contributed by atoms with Gasteiger partial charge in [0, 0.05) is 31.7 Å². The number of methoxy groups -OCH3 is 1. The highest BCUT2D eigenvalue weighted by atomic mass is 16.5. The summed E-state index contributed by atoms with van der Waals surface area (Å²) in [7, 11) is 3.55. The van der Waals surface area contributed by atoms with Crippen LogP contribution in [0.25, 0.3) is 0 Å². The van der Waals surface area contributed by atoms with E-state index in [1.165, 1.54) is 11.1 Å². The number of hydrogen-bond donors (Lipinski definition) is 1. The molecule has 0 radical (unpaired) electrons. The second-order valence-electron chi connectivity index (χ2n) is 6.37. The molecule has 1 atom stereocenters. The van der Waals surface area contributed by atoms with Crippen LogP contribution in [0.5, 0.6) is 5.75 Å². The first-order chi connectivity index (χ1) is 11.6. The van der Waals surface area contributed by atoms with Crippen LogP contribution in [-0.2, 0) is 19.5 Å². The Balaban J connectivity index is 1.73. The van der Waals surface area contributed by atoms with Crippen molar-refractivity contribution in [3.63, 3.8) is 0 Å². The number of likely N-dealkylation sites (N-methyl/N-ethyl adjacent to an activating group) is 1. The minimum atomic E-state index is 0.0621. The normalized spacial score (nSPS) is 14.1. The standard InChI is InChI=1S/C20H24N2O2/c1-14(10-15-6-4-5-7-19(15)24-3)22(2)20(23)16-8-9-17-12-21-13-18(17)11-16/h4-9,11,14,21H,10,12-13H2,1-3H3. The maximum Gasteiger partial charge on any atom is 0.253 e. The summed E-state index contributed by atoms with van der Waals surface area (Å²) in [6.45, 7) is 3.81. The Morgan fingerprint density at radius 2 is 1.96 bits per heavy atom. The zero-order valence-electron chi connectivity index (χ0n) is 14.5. The molecule has 0 fully saturated rings. The van der Waals surface area contributed by atoms with Crippen molar-refractivity contribution in [3.8, 4) is 5.75 Å². The lowest BCUT2D eigenvalue weighted by atomic mass is 10.0. The Kier molecular flexibility index (Phi) is 4.86. The topological polar surface area (TPSA) is 41.6 Å². The van der Waals surface area contributed by atoms with E-state index in [0.717, 1.165) is 36.4 Å². The van der Waals surface area contributed by atoms with Gasteiger partial charge < -0.3 is 15.0 Å². The molecule has 0 spiro atoms. The van der Waals surface area contributed by atoms with Gasteiger partial charge in [-0.1, -0.05) is 24.3 Å². The van der Waals surface area contributed by atoms with Gasteiger partial charge in [-0.25, -0.2) is 0 Å². The second-order valence-corrected chi connectivity index (χ2v) is 6.37. The highest BCUT2D eigenvalue weighted by Gasteiger charge is 2.20.